The van der Waals surface area contributed by atoms with Gasteiger partial charge in [-0.25, -0.2) is 13.1 Å². The van der Waals surface area contributed by atoms with Crippen LogP contribution in [0.25, 0.3) is 0 Å². The molecular formula is C18H25N3O5S. The molecule has 0 aliphatic heterocycles. The number of rotatable bonds is 10. The topological polar surface area (TPSA) is 102 Å². The second-order valence-electron chi connectivity index (χ2n) is 6.09. The highest BCUT2D eigenvalue weighted by atomic mass is 32.2. The lowest BCUT2D eigenvalue weighted by atomic mass is 10.2. The summed E-state index contributed by atoms with van der Waals surface area (Å²) in [6, 6.07) is 9.60. The van der Waals surface area contributed by atoms with E-state index in [1.54, 1.807) is 18.9 Å². The zero-order valence-electron chi connectivity index (χ0n) is 15.8. The van der Waals surface area contributed by atoms with Gasteiger partial charge >= 0.3 is 0 Å². The van der Waals surface area contributed by atoms with E-state index in [1.165, 1.54) is 6.92 Å². The van der Waals surface area contributed by atoms with Crippen molar-refractivity contribution >= 4 is 15.9 Å². The number of benzene rings is 1. The molecule has 0 bridgehead atoms. The number of carbonyl (C=O) groups excluding carboxylic acids is 1. The first-order chi connectivity index (χ1) is 12.8. The van der Waals surface area contributed by atoms with E-state index in [-0.39, 0.29) is 35.2 Å². The first kappa shape index (κ1) is 21.1. The number of methoxy groups -OCH3 is 1. The third-order valence-electron chi connectivity index (χ3n) is 4.00. The van der Waals surface area contributed by atoms with Crippen LogP contribution in [-0.4, -0.2) is 51.2 Å². The molecule has 0 radical (unpaired) electrons. The fraction of sp³-hybridized carbons (Fsp3) is 0.444. The Morgan fingerprint density at radius 3 is 2.56 bits per heavy atom. The molecule has 0 aliphatic rings. The van der Waals surface area contributed by atoms with Crippen LogP contribution in [0.3, 0.4) is 0 Å². The van der Waals surface area contributed by atoms with Crippen molar-refractivity contribution in [3.8, 4) is 0 Å². The van der Waals surface area contributed by atoms with Crippen LogP contribution < -0.4 is 4.72 Å². The molecule has 1 amide bonds. The van der Waals surface area contributed by atoms with Gasteiger partial charge in [0, 0.05) is 33.2 Å². The normalized spacial score (nSPS) is 11.5. The molecule has 0 atom stereocenters. The monoisotopic (exact) mass is 395 g/mol. The quantitative estimate of drug-likeness (QED) is 0.656. The number of sulfonamides is 1. The summed E-state index contributed by atoms with van der Waals surface area (Å²) in [6.45, 7) is 4.36. The highest BCUT2D eigenvalue weighted by Crippen LogP contribution is 2.18. The minimum Gasteiger partial charge on any atom is -0.383 e. The summed E-state index contributed by atoms with van der Waals surface area (Å²) in [5.74, 6) is 0.0643. The second-order valence-corrected chi connectivity index (χ2v) is 7.80. The van der Waals surface area contributed by atoms with Gasteiger partial charge in [0.1, 0.15) is 10.6 Å². The summed E-state index contributed by atoms with van der Waals surface area (Å²) in [4.78, 5) is 14.2. The van der Waals surface area contributed by atoms with Crippen molar-refractivity contribution in [3.63, 3.8) is 0 Å². The Hall–Kier alpha value is -2.23. The number of hydrogen-bond acceptors (Lipinski definition) is 6. The predicted molar refractivity (Wildman–Crippen MR) is 99.5 cm³/mol. The van der Waals surface area contributed by atoms with Gasteiger partial charge < -0.3 is 14.2 Å². The number of aromatic nitrogens is 1. The molecule has 1 aromatic heterocycles. The Morgan fingerprint density at radius 1 is 1.26 bits per heavy atom. The van der Waals surface area contributed by atoms with Gasteiger partial charge in [-0.3, -0.25) is 4.79 Å². The lowest BCUT2D eigenvalue weighted by Gasteiger charge is -2.22. The minimum atomic E-state index is -3.78. The standard InChI is InChI=1S/C18H25N3O5S/c1-14-18(15(2)26-20-14)27(23,24)19-10-9-17(22)21(11-12-25-3)13-16-7-5-4-6-8-16/h4-8,19H,9-13H2,1-3H3. The lowest BCUT2D eigenvalue weighted by Crippen LogP contribution is -2.36. The van der Waals surface area contributed by atoms with Gasteiger partial charge in [0.2, 0.25) is 15.9 Å². The number of nitrogens with zero attached hydrogens (tertiary/aromatic N) is 2. The van der Waals surface area contributed by atoms with E-state index in [9.17, 15) is 13.2 Å². The van der Waals surface area contributed by atoms with E-state index in [0.29, 0.717) is 19.7 Å². The number of carbonyl (C=O) groups is 1. The first-order valence-corrected chi connectivity index (χ1v) is 10.1. The Labute approximate surface area is 159 Å². The molecule has 148 valence electrons. The number of ether oxygens (including phenoxy) is 1. The lowest BCUT2D eigenvalue weighted by molar-refractivity contribution is -0.132. The summed E-state index contributed by atoms with van der Waals surface area (Å²) in [7, 11) is -2.20. The Bertz CT molecular complexity index is 830. The molecule has 2 rings (SSSR count). The van der Waals surface area contributed by atoms with E-state index in [1.807, 2.05) is 30.3 Å². The van der Waals surface area contributed by atoms with Gasteiger partial charge in [-0.05, 0) is 19.4 Å². The average molecular weight is 395 g/mol. The maximum Gasteiger partial charge on any atom is 0.245 e. The van der Waals surface area contributed by atoms with Crippen molar-refractivity contribution in [2.24, 2.45) is 0 Å². The molecular weight excluding hydrogens is 370 g/mol. The van der Waals surface area contributed by atoms with Crippen LogP contribution in [0, 0.1) is 13.8 Å². The third-order valence-corrected chi connectivity index (χ3v) is 5.71. The smallest absolute Gasteiger partial charge is 0.245 e. The maximum absolute atomic E-state index is 12.6. The zero-order valence-corrected chi connectivity index (χ0v) is 16.6. The molecule has 0 aliphatic carbocycles. The van der Waals surface area contributed by atoms with E-state index >= 15 is 0 Å². The molecule has 2 aromatic rings. The zero-order chi connectivity index (χ0) is 19.9. The molecule has 0 saturated carbocycles. The molecule has 1 aromatic carbocycles. The molecule has 0 spiro atoms. The fourth-order valence-electron chi connectivity index (χ4n) is 2.68. The predicted octanol–water partition coefficient (Wildman–Crippen LogP) is 1.64. The van der Waals surface area contributed by atoms with Crippen molar-refractivity contribution < 1.29 is 22.5 Å². The SMILES string of the molecule is COCCN(Cc1ccccc1)C(=O)CCNS(=O)(=O)c1c(C)noc1C. The van der Waals surface area contributed by atoms with Gasteiger partial charge in [0.15, 0.2) is 5.76 Å². The maximum atomic E-state index is 12.6. The number of amides is 1. The molecule has 0 fully saturated rings. The van der Waals surface area contributed by atoms with E-state index in [2.05, 4.69) is 9.88 Å². The number of aryl methyl sites for hydroxylation is 2. The summed E-state index contributed by atoms with van der Waals surface area (Å²) in [5.41, 5.74) is 1.29. The van der Waals surface area contributed by atoms with Crippen LogP contribution >= 0.6 is 0 Å². The Kier molecular flexibility index (Phi) is 7.52. The van der Waals surface area contributed by atoms with Crippen LogP contribution in [0.1, 0.15) is 23.4 Å². The highest BCUT2D eigenvalue weighted by molar-refractivity contribution is 7.89. The highest BCUT2D eigenvalue weighted by Gasteiger charge is 2.24. The molecule has 8 nitrogen and oxygen atoms in total. The Morgan fingerprint density at radius 2 is 1.96 bits per heavy atom. The largest absolute Gasteiger partial charge is 0.383 e. The van der Waals surface area contributed by atoms with Gasteiger partial charge in [0.25, 0.3) is 0 Å². The summed E-state index contributed by atoms with van der Waals surface area (Å²) < 4.78 is 37.2. The third kappa shape index (κ3) is 5.88. The van der Waals surface area contributed by atoms with Crippen LogP contribution in [0.15, 0.2) is 39.8 Å². The fourth-order valence-corrected chi connectivity index (χ4v) is 4.04. The van der Waals surface area contributed by atoms with Gasteiger partial charge in [-0.15, -0.1) is 0 Å². The molecule has 1 heterocycles. The molecule has 9 heteroatoms. The van der Waals surface area contributed by atoms with Crippen molar-refractivity contribution in [2.75, 3.05) is 26.8 Å². The molecule has 0 unspecified atom stereocenters. The summed E-state index contributed by atoms with van der Waals surface area (Å²) >= 11 is 0. The van der Waals surface area contributed by atoms with Crippen LogP contribution in [-0.2, 0) is 26.1 Å². The van der Waals surface area contributed by atoms with Gasteiger partial charge in [-0.1, -0.05) is 35.5 Å². The van der Waals surface area contributed by atoms with E-state index < -0.39 is 10.0 Å². The first-order valence-electron chi connectivity index (χ1n) is 8.58. The van der Waals surface area contributed by atoms with Crippen molar-refractivity contribution in [3.05, 3.63) is 47.3 Å². The summed E-state index contributed by atoms with van der Waals surface area (Å²) in [6.07, 6.45) is 0.0408. The van der Waals surface area contributed by atoms with E-state index in [4.69, 9.17) is 9.26 Å². The second kappa shape index (κ2) is 9.63. The molecule has 1 N–H and O–H groups in total. The van der Waals surface area contributed by atoms with Crippen LogP contribution in [0.2, 0.25) is 0 Å². The van der Waals surface area contributed by atoms with Gasteiger partial charge in [0.05, 0.1) is 6.61 Å². The Balaban J connectivity index is 1.96. The van der Waals surface area contributed by atoms with Gasteiger partial charge in [-0.2, -0.15) is 0 Å². The van der Waals surface area contributed by atoms with Crippen molar-refractivity contribution in [1.82, 2.24) is 14.8 Å². The minimum absolute atomic E-state index is 0.0104. The van der Waals surface area contributed by atoms with Crippen molar-refractivity contribution in [2.45, 2.75) is 31.7 Å². The average Bonchev–Trinajstić information content (AvgIpc) is 2.98. The van der Waals surface area contributed by atoms with Crippen LogP contribution in [0.4, 0.5) is 0 Å². The van der Waals surface area contributed by atoms with Crippen molar-refractivity contribution in [1.29, 1.82) is 0 Å². The number of nitrogens with one attached hydrogen (secondary N) is 1. The number of hydrogen-bond donors (Lipinski definition) is 1. The van der Waals surface area contributed by atoms with Crippen LogP contribution in [0.5, 0.6) is 0 Å². The summed E-state index contributed by atoms with van der Waals surface area (Å²) in [5, 5.41) is 3.65. The molecule has 27 heavy (non-hydrogen) atoms. The van der Waals surface area contributed by atoms with E-state index in [0.717, 1.165) is 5.56 Å². The molecule has 0 saturated heterocycles.